The molecule has 5 heteroatoms. The van der Waals surface area contributed by atoms with Crippen LogP contribution in [0, 0.1) is 5.92 Å². The van der Waals surface area contributed by atoms with Crippen LogP contribution in [-0.4, -0.2) is 29.9 Å². The van der Waals surface area contributed by atoms with Crippen LogP contribution < -0.4 is 4.90 Å². The Hall–Kier alpha value is -1.39. The number of halogens is 1. The molecule has 1 aromatic rings. The second kappa shape index (κ2) is 4.47. The Morgan fingerprint density at radius 3 is 2.76 bits per heavy atom. The van der Waals surface area contributed by atoms with Crippen molar-refractivity contribution in [2.45, 2.75) is 6.92 Å². The molecule has 1 aromatic carbocycles. The van der Waals surface area contributed by atoms with Gasteiger partial charge in [-0.3, -0.25) is 9.59 Å². The normalized spacial score (nSPS) is 16.3. The number of fused-ring (bicyclic) bond motifs is 1. The summed E-state index contributed by atoms with van der Waals surface area (Å²) in [5.41, 5.74) is 0.914. The SMILES string of the molecule is CC(CO)CN1C(=O)C(=O)c2ccc(Cl)cc21. The van der Waals surface area contributed by atoms with Crippen molar-refractivity contribution in [2.75, 3.05) is 18.1 Å². The number of carbonyl (C=O) groups is 2. The summed E-state index contributed by atoms with van der Waals surface area (Å²) in [5, 5.41) is 9.48. The highest BCUT2D eigenvalue weighted by Crippen LogP contribution is 2.31. The monoisotopic (exact) mass is 253 g/mol. The highest BCUT2D eigenvalue weighted by Gasteiger charge is 2.36. The van der Waals surface area contributed by atoms with Crippen molar-refractivity contribution in [3.8, 4) is 0 Å². The van der Waals surface area contributed by atoms with Crippen LogP contribution in [0.2, 0.25) is 5.02 Å². The molecule has 1 atom stereocenters. The number of anilines is 1. The number of hydrogen-bond acceptors (Lipinski definition) is 3. The lowest BCUT2D eigenvalue weighted by Gasteiger charge is -2.19. The summed E-state index contributed by atoms with van der Waals surface area (Å²) in [6.07, 6.45) is 0. The molecule has 0 spiro atoms. The molecule has 0 aromatic heterocycles. The predicted octanol–water partition coefficient (Wildman–Crippen LogP) is 1.50. The fraction of sp³-hybridized carbons (Fsp3) is 0.333. The van der Waals surface area contributed by atoms with Crippen molar-refractivity contribution in [3.05, 3.63) is 28.8 Å². The minimum atomic E-state index is -0.553. The van der Waals surface area contributed by atoms with Gasteiger partial charge >= 0.3 is 0 Å². The number of carbonyl (C=O) groups excluding carboxylic acids is 2. The Bertz CT molecular complexity index is 487. The maximum Gasteiger partial charge on any atom is 0.299 e. The van der Waals surface area contributed by atoms with Crippen LogP contribution in [0.1, 0.15) is 17.3 Å². The van der Waals surface area contributed by atoms with Gasteiger partial charge in [-0.1, -0.05) is 18.5 Å². The maximum absolute atomic E-state index is 11.8. The van der Waals surface area contributed by atoms with E-state index in [9.17, 15) is 9.59 Å². The summed E-state index contributed by atoms with van der Waals surface area (Å²) in [6, 6.07) is 4.75. The number of benzene rings is 1. The van der Waals surface area contributed by atoms with Crippen LogP contribution in [0.25, 0.3) is 0 Å². The first-order valence-electron chi connectivity index (χ1n) is 5.31. The lowest BCUT2D eigenvalue weighted by Crippen LogP contribution is -2.34. The third-order valence-electron chi connectivity index (χ3n) is 2.74. The molecule has 0 saturated carbocycles. The van der Waals surface area contributed by atoms with Crippen molar-refractivity contribution in [2.24, 2.45) is 5.92 Å². The smallest absolute Gasteiger partial charge is 0.299 e. The van der Waals surface area contributed by atoms with Gasteiger partial charge in [-0.2, -0.15) is 0 Å². The van der Waals surface area contributed by atoms with Crippen molar-refractivity contribution in [1.82, 2.24) is 0 Å². The number of ketones is 1. The molecule has 1 amide bonds. The second-order valence-electron chi connectivity index (χ2n) is 4.19. The Balaban J connectivity index is 2.39. The van der Waals surface area contributed by atoms with Crippen molar-refractivity contribution < 1.29 is 14.7 Å². The van der Waals surface area contributed by atoms with Gasteiger partial charge in [0.15, 0.2) is 0 Å². The number of aliphatic hydroxyl groups excluding tert-OH is 1. The average Bonchev–Trinajstić information content (AvgIpc) is 2.54. The molecule has 90 valence electrons. The number of hydrogen-bond donors (Lipinski definition) is 1. The largest absolute Gasteiger partial charge is 0.396 e. The van der Waals surface area contributed by atoms with Gasteiger partial charge in [-0.15, -0.1) is 0 Å². The van der Waals surface area contributed by atoms with E-state index in [1.54, 1.807) is 25.1 Å². The molecule has 0 fully saturated rings. The van der Waals surface area contributed by atoms with Crippen LogP contribution in [0.5, 0.6) is 0 Å². The number of nitrogens with zero attached hydrogens (tertiary/aromatic N) is 1. The minimum Gasteiger partial charge on any atom is -0.396 e. The second-order valence-corrected chi connectivity index (χ2v) is 4.63. The van der Waals surface area contributed by atoms with Crippen LogP contribution in [0.15, 0.2) is 18.2 Å². The Kier molecular flexibility index (Phi) is 3.17. The standard InChI is InChI=1S/C12H12ClNO3/c1-7(6-15)5-14-10-4-8(13)2-3-9(10)11(16)12(14)17/h2-4,7,15H,5-6H2,1H3. The fourth-order valence-electron chi connectivity index (χ4n) is 1.82. The van der Waals surface area contributed by atoms with Gasteiger partial charge in [0.2, 0.25) is 0 Å². The molecule has 1 unspecified atom stereocenters. The third kappa shape index (κ3) is 2.06. The van der Waals surface area contributed by atoms with E-state index in [0.717, 1.165) is 0 Å². The zero-order valence-corrected chi connectivity index (χ0v) is 10.1. The van der Waals surface area contributed by atoms with E-state index in [1.807, 2.05) is 0 Å². The quantitative estimate of drug-likeness (QED) is 0.831. The van der Waals surface area contributed by atoms with E-state index in [1.165, 1.54) is 4.90 Å². The number of aliphatic hydroxyl groups is 1. The summed E-state index contributed by atoms with van der Waals surface area (Å²) >= 11 is 5.86. The molecular formula is C12H12ClNO3. The molecule has 0 saturated heterocycles. The molecule has 1 aliphatic heterocycles. The lowest BCUT2D eigenvalue weighted by molar-refractivity contribution is -0.114. The van der Waals surface area contributed by atoms with E-state index < -0.39 is 11.7 Å². The van der Waals surface area contributed by atoms with E-state index >= 15 is 0 Å². The van der Waals surface area contributed by atoms with Gasteiger partial charge in [0.1, 0.15) is 0 Å². The molecule has 0 aliphatic carbocycles. The molecular weight excluding hydrogens is 242 g/mol. The van der Waals surface area contributed by atoms with E-state index in [4.69, 9.17) is 16.7 Å². The fourth-order valence-corrected chi connectivity index (χ4v) is 1.98. The Labute approximate surface area is 104 Å². The van der Waals surface area contributed by atoms with Crippen molar-refractivity contribution in [3.63, 3.8) is 0 Å². The molecule has 1 aliphatic rings. The third-order valence-corrected chi connectivity index (χ3v) is 2.98. The summed E-state index contributed by atoms with van der Waals surface area (Å²) < 4.78 is 0. The molecule has 4 nitrogen and oxygen atoms in total. The summed E-state index contributed by atoms with van der Waals surface area (Å²) in [7, 11) is 0. The van der Waals surface area contributed by atoms with Crippen LogP contribution in [0.3, 0.4) is 0 Å². The van der Waals surface area contributed by atoms with Gasteiger partial charge in [-0.05, 0) is 24.1 Å². The van der Waals surface area contributed by atoms with Gasteiger partial charge in [0, 0.05) is 18.2 Å². The topological polar surface area (TPSA) is 57.6 Å². The zero-order valence-electron chi connectivity index (χ0n) is 9.31. The Morgan fingerprint density at radius 2 is 2.12 bits per heavy atom. The zero-order chi connectivity index (χ0) is 12.6. The van der Waals surface area contributed by atoms with Gasteiger partial charge in [0.25, 0.3) is 11.7 Å². The van der Waals surface area contributed by atoms with Gasteiger partial charge in [-0.25, -0.2) is 0 Å². The number of rotatable bonds is 3. The number of amides is 1. The van der Waals surface area contributed by atoms with Gasteiger partial charge < -0.3 is 10.0 Å². The van der Waals surface area contributed by atoms with E-state index in [2.05, 4.69) is 0 Å². The molecule has 2 rings (SSSR count). The maximum atomic E-state index is 11.8. The first-order valence-corrected chi connectivity index (χ1v) is 5.69. The lowest BCUT2D eigenvalue weighted by atomic mass is 10.1. The molecule has 1 heterocycles. The summed E-state index contributed by atoms with van der Waals surface area (Å²) in [6.45, 7) is 2.09. The van der Waals surface area contributed by atoms with E-state index in [0.29, 0.717) is 22.8 Å². The molecule has 17 heavy (non-hydrogen) atoms. The minimum absolute atomic E-state index is 0.0339. The molecule has 1 N–H and O–H groups in total. The van der Waals surface area contributed by atoms with Crippen LogP contribution in [-0.2, 0) is 4.79 Å². The number of Topliss-reactive ketones (excluding diaryl/α,β-unsaturated/α-hetero) is 1. The van der Waals surface area contributed by atoms with E-state index in [-0.39, 0.29) is 12.5 Å². The highest BCUT2D eigenvalue weighted by molar-refractivity contribution is 6.52. The van der Waals surface area contributed by atoms with Gasteiger partial charge in [0.05, 0.1) is 11.3 Å². The van der Waals surface area contributed by atoms with Crippen LogP contribution in [0.4, 0.5) is 5.69 Å². The van der Waals surface area contributed by atoms with Crippen LogP contribution >= 0.6 is 11.6 Å². The Morgan fingerprint density at radius 1 is 1.41 bits per heavy atom. The summed E-state index contributed by atoms with van der Waals surface area (Å²) in [5.74, 6) is -1.15. The molecule has 0 radical (unpaired) electrons. The predicted molar refractivity (Wildman–Crippen MR) is 64.4 cm³/mol. The summed E-state index contributed by atoms with van der Waals surface area (Å²) in [4.78, 5) is 24.8. The highest BCUT2D eigenvalue weighted by atomic mass is 35.5. The van der Waals surface area contributed by atoms with Crippen molar-refractivity contribution >= 4 is 29.0 Å². The average molecular weight is 254 g/mol. The first-order chi connectivity index (χ1) is 8.04. The van der Waals surface area contributed by atoms with Crippen molar-refractivity contribution in [1.29, 1.82) is 0 Å². The molecule has 0 bridgehead atoms. The first kappa shape index (κ1) is 12.1.